The molecule has 0 heterocycles. The topological polar surface area (TPSA) is 3.24 Å². The molecule has 0 aliphatic heterocycles. The van der Waals surface area contributed by atoms with Gasteiger partial charge < -0.3 is 4.90 Å². The molecule has 0 aliphatic rings. The monoisotopic (exact) mass is 343 g/mol. The fourth-order valence-electron chi connectivity index (χ4n) is 2.41. The molecule has 0 bridgehead atoms. The Balaban J connectivity index is 3.76. The summed E-state index contributed by atoms with van der Waals surface area (Å²) in [6, 6.07) is 0. The average Bonchev–Trinajstić information content (AvgIpc) is 2.21. The Bertz CT molecular complexity index is 459. The summed E-state index contributed by atoms with van der Waals surface area (Å²) in [6.07, 6.45) is 1.08. The summed E-state index contributed by atoms with van der Waals surface area (Å²) in [6.45, 7) is 12.9. The fraction of sp³-hybridized carbons (Fsp3) is 0.467. The number of rotatable bonds is 3. The zero-order chi connectivity index (χ0) is 13.3. The van der Waals surface area contributed by atoms with Gasteiger partial charge in [-0.3, -0.25) is 0 Å². The summed E-state index contributed by atoms with van der Waals surface area (Å²) in [4.78, 5) is 2.22. The lowest BCUT2D eigenvalue weighted by atomic mass is 9.91. The van der Waals surface area contributed by atoms with Crippen LogP contribution in [0.2, 0.25) is 0 Å². The number of hydrogen-bond donors (Lipinski definition) is 0. The van der Waals surface area contributed by atoms with Crippen molar-refractivity contribution in [1.29, 1.82) is 0 Å². The second-order valence-electron chi connectivity index (χ2n) is 4.79. The van der Waals surface area contributed by atoms with E-state index in [2.05, 4.69) is 75.9 Å². The van der Waals surface area contributed by atoms with E-state index in [1.165, 1.54) is 31.5 Å². The minimum Gasteiger partial charge on any atom is -0.377 e. The van der Waals surface area contributed by atoms with E-state index in [1.807, 2.05) is 0 Å². The molecule has 0 atom stereocenters. The van der Waals surface area contributed by atoms with Gasteiger partial charge >= 0.3 is 0 Å². The van der Waals surface area contributed by atoms with E-state index in [0.29, 0.717) is 0 Å². The van der Waals surface area contributed by atoms with Gasteiger partial charge in [-0.2, -0.15) is 0 Å². The highest BCUT2D eigenvalue weighted by molar-refractivity contribution is 14.1. The molecule has 1 nitrogen and oxygen atoms in total. The molecule has 0 aliphatic carbocycles. The summed E-state index contributed by atoms with van der Waals surface area (Å²) in [5.74, 6) is 0. The lowest BCUT2D eigenvalue weighted by Gasteiger charge is -2.25. The largest absolute Gasteiger partial charge is 0.377 e. The first-order chi connectivity index (χ1) is 7.82. The van der Waals surface area contributed by atoms with Crippen molar-refractivity contribution in [3.8, 4) is 0 Å². The molecule has 2 heteroatoms. The molecule has 0 saturated heterocycles. The van der Waals surface area contributed by atoms with Crippen molar-refractivity contribution in [2.75, 3.05) is 19.0 Å². The maximum absolute atomic E-state index is 4.12. The van der Waals surface area contributed by atoms with Crippen molar-refractivity contribution < 1.29 is 0 Å². The first-order valence-electron chi connectivity index (χ1n) is 5.97. The molecular weight excluding hydrogens is 321 g/mol. The third-order valence-electron chi connectivity index (χ3n) is 3.33. The zero-order valence-electron chi connectivity index (χ0n) is 11.7. The van der Waals surface area contributed by atoms with Gasteiger partial charge in [-0.05, 0) is 77.6 Å². The molecule has 1 aromatic rings. The number of hydrogen-bond acceptors (Lipinski definition) is 1. The predicted octanol–water partition coefficient (Wildman–Crippen LogP) is 4.57. The van der Waals surface area contributed by atoms with Crippen LogP contribution in [0.5, 0.6) is 0 Å². The molecule has 17 heavy (non-hydrogen) atoms. The summed E-state index contributed by atoms with van der Waals surface area (Å²) in [5.41, 5.74) is 8.08. The molecule has 1 aromatic carbocycles. The molecule has 0 amide bonds. The van der Waals surface area contributed by atoms with Crippen LogP contribution >= 0.6 is 22.6 Å². The predicted molar refractivity (Wildman–Crippen MR) is 87.0 cm³/mol. The van der Waals surface area contributed by atoms with Gasteiger partial charge in [0.2, 0.25) is 0 Å². The van der Waals surface area contributed by atoms with E-state index in [1.54, 1.807) is 0 Å². The van der Waals surface area contributed by atoms with Crippen LogP contribution < -0.4 is 4.90 Å². The minimum atomic E-state index is 1.08. The Kier molecular flexibility index (Phi) is 4.64. The number of anilines is 1. The lowest BCUT2D eigenvalue weighted by molar-refractivity contribution is 1.02. The van der Waals surface area contributed by atoms with Crippen LogP contribution in [0, 0.1) is 17.4 Å². The molecule has 0 aromatic heterocycles. The lowest BCUT2D eigenvalue weighted by Crippen LogP contribution is -2.16. The Hall–Kier alpha value is -0.510. The van der Waals surface area contributed by atoms with Crippen molar-refractivity contribution in [2.24, 2.45) is 0 Å². The molecular formula is C15H22IN. The van der Waals surface area contributed by atoms with Crippen molar-refractivity contribution in [2.45, 2.75) is 34.1 Å². The van der Waals surface area contributed by atoms with Gasteiger partial charge in [0.25, 0.3) is 0 Å². The molecule has 0 saturated carbocycles. The molecule has 1 rings (SSSR count). The van der Waals surface area contributed by atoms with E-state index in [4.69, 9.17) is 0 Å². The highest BCUT2D eigenvalue weighted by Gasteiger charge is 2.18. The Labute approximate surface area is 119 Å². The van der Waals surface area contributed by atoms with Gasteiger partial charge in [-0.1, -0.05) is 13.5 Å². The van der Waals surface area contributed by atoms with Crippen molar-refractivity contribution in [1.82, 2.24) is 0 Å². The fourth-order valence-corrected chi connectivity index (χ4v) is 4.09. The summed E-state index contributed by atoms with van der Waals surface area (Å²) in [7, 11) is 4.24. The Morgan fingerprint density at radius 2 is 1.76 bits per heavy atom. The van der Waals surface area contributed by atoms with Crippen LogP contribution in [0.1, 0.15) is 36.1 Å². The van der Waals surface area contributed by atoms with E-state index < -0.39 is 0 Å². The van der Waals surface area contributed by atoms with Gasteiger partial charge in [0.1, 0.15) is 0 Å². The van der Waals surface area contributed by atoms with Crippen LogP contribution in [0.4, 0.5) is 5.69 Å². The minimum absolute atomic E-state index is 1.08. The standard InChI is InChI=1S/C15H22IN/c1-8-12-10(4)11(5)13(9(2)3)14(16)15(12)17(6)7/h2,8H2,1,3-7H3. The second-order valence-corrected chi connectivity index (χ2v) is 5.87. The van der Waals surface area contributed by atoms with E-state index in [9.17, 15) is 0 Å². The normalized spacial score (nSPS) is 10.5. The molecule has 94 valence electrons. The van der Waals surface area contributed by atoms with E-state index in [-0.39, 0.29) is 0 Å². The first kappa shape index (κ1) is 14.6. The van der Waals surface area contributed by atoms with E-state index in [0.717, 1.165) is 12.0 Å². The molecule has 0 spiro atoms. The number of allylic oxidation sites excluding steroid dienone is 1. The SMILES string of the molecule is C=C(C)c1c(C)c(C)c(CC)c(N(C)C)c1I. The van der Waals surface area contributed by atoms with E-state index >= 15 is 0 Å². The van der Waals surface area contributed by atoms with Crippen molar-refractivity contribution >= 4 is 33.9 Å². The van der Waals surface area contributed by atoms with Gasteiger partial charge in [0, 0.05) is 17.7 Å². The summed E-state index contributed by atoms with van der Waals surface area (Å²) < 4.78 is 1.33. The number of benzene rings is 1. The van der Waals surface area contributed by atoms with Crippen LogP contribution in [0.25, 0.3) is 5.57 Å². The quantitative estimate of drug-likeness (QED) is 0.727. The van der Waals surface area contributed by atoms with Gasteiger partial charge in [-0.15, -0.1) is 0 Å². The van der Waals surface area contributed by atoms with Gasteiger partial charge in [0.05, 0.1) is 5.69 Å². The summed E-state index contributed by atoms with van der Waals surface area (Å²) >= 11 is 2.46. The van der Waals surface area contributed by atoms with Crippen LogP contribution in [-0.4, -0.2) is 14.1 Å². The molecule has 0 fully saturated rings. The van der Waals surface area contributed by atoms with Crippen molar-refractivity contribution in [3.05, 3.63) is 32.4 Å². The zero-order valence-corrected chi connectivity index (χ0v) is 13.9. The maximum Gasteiger partial charge on any atom is 0.0538 e. The number of nitrogens with zero attached hydrogens (tertiary/aromatic N) is 1. The highest BCUT2D eigenvalue weighted by atomic mass is 127. The average molecular weight is 343 g/mol. The second kappa shape index (κ2) is 5.42. The summed E-state index contributed by atoms with van der Waals surface area (Å²) in [5, 5.41) is 0. The Morgan fingerprint density at radius 3 is 2.12 bits per heavy atom. The van der Waals surface area contributed by atoms with Crippen LogP contribution in [0.3, 0.4) is 0 Å². The highest BCUT2D eigenvalue weighted by Crippen LogP contribution is 2.37. The van der Waals surface area contributed by atoms with Gasteiger partial charge in [-0.25, -0.2) is 0 Å². The molecule has 0 N–H and O–H groups in total. The van der Waals surface area contributed by atoms with Crippen molar-refractivity contribution in [3.63, 3.8) is 0 Å². The van der Waals surface area contributed by atoms with Crippen LogP contribution in [-0.2, 0) is 6.42 Å². The first-order valence-corrected chi connectivity index (χ1v) is 7.05. The number of halogens is 1. The molecule has 0 radical (unpaired) electrons. The Morgan fingerprint density at radius 1 is 1.24 bits per heavy atom. The maximum atomic E-state index is 4.12. The third kappa shape index (κ3) is 2.51. The smallest absolute Gasteiger partial charge is 0.0538 e. The molecule has 0 unspecified atom stereocenters. The van der Waals surface area contributed by atoms with Gasteiger partial charge in [0.15, 0.2) is 0 Å². The third-order valence-corrected chi connectivity index (χ3v) is 4.38. The van der Waals surface area contributed by atoms with Crippen LogP contribution in [0.15, 0.2) is 6.58 Å².